The predicted molar refractivity (Wildman–Crippen MR) is 131 cm³/mol. The van der Waals surface area contributed by atoms with Crippen molar-refractivity contribution in [2.24, 2.45) is 29.1 Å². The minimum atomic E-state index is -3.86. The molecule has 4 saturated carbocycles. The van der Waals surface area contributed by atoms with E-state index in [0.717, 1.165) is 32.1 Å². The zero-order valence-electron chi connectivity index (χ0n) is 19.9. The van der Waals surface area contributed by atoms with Crippen LogP contribution in [-0.2, 0) is 19.6 Å². The minimum absolute atomic E-state index is 0.0868. The molecule has 1 aromatic carbocycles. The lowest BCUT2D eigenvalue weighted by Crippen LogP contribution is -2.58. The van der Waals surface area contributed by atoms with Gasteiger partial charge in [-0.25, -0.2) is 8.42 Å². The van der Waals surface area contributed by atoms with E-state index in [9.17, 15) is 18.0 Å². The fourth-order valence-electron chi connectivity index (χ4n) is 6.74. The van der Waals surface area contributed by atoms with E-state index in [-0.39, 0.29) is 34.0 Å². The number of carbonyl (C=O) groups is 2. The first-order valence-electron chi connectivity index (χ1n) is 12.0. The lowest BCUT2D eigenvalue weighted by Gasteiger charge is -2.59. The number of ketones is 1. The van der Waals surface area contributed by atoms with Gasteiger partial charge >= 0.3 is 0 Å². The summed E-state index contributed by atoms with van der Waals surface area (Å²) in [5.41, 5.74) is -1.49. The maximum atomic E-state index is 13.4. The standard InChI is InChI=1S/C25H35BrN2O4S/c1-15(2)27-23(30)25-12-16-9-17(13-25)19(18(10-16)14-25)11-22(29)24(3,4)28-33(31,32)21-8-6-5-7-20(21)26/h5-8,15-19,28H,9-14H2,1-4H3,(H,27,30). The van der Waals surface area contributed by atoms with Gasteiger partial charge < -0.3 is 5.32 Å². The number of hydrogen-bond donors (Lipinski definition) is 2. The number of carbonyl (C=O) groups excluding carboxylic acids is 2. The zero-order valence-corrected chi connectivity index (χ0v) is 22.3. The number of sulfonamides is 1. The van der Waals surface area contributed by atoms with Gasteiger partial charge in [0.1, 0.15) is 0 Å². The third kappa shape index (κ3) is 4.80. The molecule has 2 atom stereocenters. The molecule has 5 rings (SSSR count). The summed E-state index contributed by atoms with van der Waals surface area (Å²) in [5.74, 6) is 1.59. The van der Waals surface area contributed by atoms with Crippen LogP contribution in [-0.4, -0.2) is 31.7 Å². The van der Waals surface area contributed by atoms with Crippen LogP contribution in [0, 0.1) is 29.1 Å². The third-order valence-electron chi connectivity index (χ3n) is 8.00. The van der Waals surface area contributed by atoms with Crippen molar-refractivity contribution in [3.63, 3.8) is 0 Å². The van der Waals surface area contributed by atoms with Crippen LogP contribution in [0.3, 0.4) is 0 Å². The van der Waals surface area contributed by atoms with Gasteiger partial charge in [0.15, 0.2) is 5.78 Å². The third-order valence-corrected chi connectivity index (χ3v) is 10.7. The number of benzene rings is 1. The molecular weight excluding hydrogens is 504 g/mol. The van der Waals surface area contributed by atoms with Crippen molar-refractivity contribution < 1.29 is 18.0 Å². The van der Waals surface area contributed by atoms with Crippen molar-refractivity contribution in [2.75, 3.05) is 0 Å². The molecule has 182 valence electrons. The quantitative estimate of drug-likeness (QED) is 0.511. The van der Waals surface area contributed by atoms with Gasteiger partial charge in [-0.1, -0.05) is 12.1 Å². The predicted octanol–water partition coefficient (Wildman–Crippen LogP) is 4.43. The van der Waals surface area contributed by atoms with Crippen molar-refractivity contribution >= 4 is 37.6 Å². The smallest absolute Gasteiger partial charge is 0.242 e. The number of halogens is 1. The Morgan fingerprint density at radius 2 is 1.73 bits per heavy atom. The van der Waals surface area contributed by atoms with Crippen LogP contribution in [0.25, 0.3) is 0 Å². The molecule has 33 heavy (non-hydrogen) atoms. The Balaban J connectivity index is 1.47. The summed E-state index contributed by atoms with van der Waals surface area (Å²) in [7, 11) is -3.86. The van der Waals surface area contributed by atoms with E-state index >= 15 is 0 Å². The molecule has 4 aliphatic rings. The van der Waals surface area contributed by atoms with Crippen molar-refractivity contribution in [3.05, 3.63) is 28.7 Å². The molecular formula is C25H35BrN2O4S. The van der Waals surface area contributed by atoms with E-state index in [1.807, 2.05) is 13.8 Å². The largest absolute Gasteiger partial charge is 0.353 e. The first kappa shape index (κ1) is 24.9. The molecule has 0 aliphatic heterocycles. The second-order valence-corrected chi connectivity index (χ2v) is 13.8. The van der Waals surface area contributed by atoms with E-state index in [1.54, 1.807) is 32.0 Å². The van der Waals surface area contributed by atoms with E-state index in [2.05, 4.69) is 26.0 Å². The van der Waals surface area contributed by atoms with E-state index in [0.29, 0.717) is 28.6 Å². The highest BCUT2D eigenvalue weighted by Gasteiger charge is 2.58. The average Bonchev–Trinajstić information content (AvgIpc) is 2.69. The van der Waals surface area contributed by atoms with E-state index in [4.69, 9.17) is 0 Å². The molecule has 4 bridgehead atoms. The maximum absolute atomic E-state index is 13.4. The summed E-state index contributed by atoms with van der Waals surface area (Å²) in [4.78, 5) is 26.6. The molecule has 2 unspecified atom stereocenters. The Bertz CT molecular complexity index is 1040. The maximum Gasteiger partial charge on any atom is 0.242 e. The first-order valence-corrected chi connectivity index (χ1v) is 14.2. The number of amides is 1. The van der Waals surface area contributed by atoms with E-state index in [1.165, 1.54) is 6.07 Å². The number of Topliss-reactive ketones (excluding diaryl/α,β-unsaturated/α-hetero) is 1. The Morgan fingerprint density at radius 1 is 1.12 bits per heavy atom. The summed E-state index contributed by atoms with van der Waals surface area (Å²) in [6.45, 7) is 7.29. The topological polar surface area (TPSA) is 92.3 Å². The molecule has 4 aliphatic carbocycles. The van der Waals surface area contributed by atoms with Crippen LogP contribution in [0.4, 0.5) is 0 Å². The van der Waals surface area contributed by atoms with Crippen LogP contribution in [0.15, 0.2) is 33.6 Å². The molecule has 1 aromatic rings. The van der Waals surface area contributed by atoms with Gasteiger partial charge in [0.25, 0.3) is 0 Å². The Morgan fingerprint density at radius 3 is 2.30 bits per heavy atom. The van der Waals surface area contributed by atoms with Crippen LogP contribution >= 0.6 is 15.9 Å². The summed E-state index contributed by atoms with van der Waals surface area (Å²) in [5, 5.41) is 3.14. The van der Waals surface area contributed by atoms with Gasteiger partial charge in [0, 0.05) is 22.4 Å². The van der Waals surface area contributed by atoms with Gasteiger partial charge in [0.2, 0.25) is 15.9 Å². The molecule has 0 aromatic heterocycles. The summed E-state index contributed by atoms with van der Waals surface area (Å²) in [6.07, 6.45) is 5.17. The van der Waals surface area contributed by atoms with Gasteiger partial charge in [-0.3, -0.25) is 9.59 Å². The summed E-state index contributed by atoms with van der Waals surface area (Å²) >= 11 is 3.29. The highest BCUT2D eigenvalue weighted by atomic mass is 79.9. The summed E-state index contributed by atoms with van der Waals surface area (Å²) < 4.78 is 29.1. The molecule has 0 saturated heterocycles. The molecule has 0 heterocycles. The van der Waals surface area contributed by atoms with E-state index < -0.39 is 15.6 Å². The molecule has 8 heteroatoms. The number of rotatable bonds is 8. The molecule has 1 amide bonds. The molecule has 0 radical (unpaired) electrons. The molecule has 2 N–H and O–H groups in total. The summed E-state index contributed by atoms with van der Waals surface area (Å²) in [6, 6.07) is 6.73. The fourth-order valence-corrected chi connectivity index (χ4v) is 9.14. The number of hydrogen-bond acceptors (Lipinski definition) is 4. The first-order chi connectivity index (χ1) is 15.3. The fraction of sp³-hybridized carbons (Fsp3) is 0.680. The lowest BCUT2D eigenvalue weighted by molar-refractivity contribution is -0.155. The lowest BCUT2D eigenvalue weighted by atomic mass is 9.45. The van der Waals surface area contributed by atoms with Crippen molar-refractivity contribution in [1.29, 1.82) is 0 Å². The van der Waals surface area contributed by atoms with Gasteiger partial charge in [0.05, 0.1) is 10.4 Å². The van der Waals surface area contributed by atoms with Gasteiger partial charge in [-0.05, 0) is 112 Å². The Hall–Kier alpha value is -1.25. The van der Waals surface area contributed by atoms with Gasteiger partial charge in [-0.2, -0.15) is 4.72 Å². The highest BCUT2D eigenvalue weighted by molar-refractivity contribution is 9.10. The number of nitrogens with one attached hydrogen (secondary N) is 2. The van der Waals surface area contributed by atoms with Crippen LogP contribution in [0.1, 0.15) is 66.2 Å². The van der Waals surface area contributed by atoms with Crippen molar-refractivity contribution in [1.82, 2.24) is 10.0 Å². The molecule has 0 spiro atoms. The second kappa shape index (κ2) is 8.76. The second-order valence-electron chi connectivity index (χ2n) is 11.3. The van der Waals surface area contributed by atoms with Crippen LogP contribution in [0.2, 0.25) is 0 Å². The molecule has 4 fully saturated rings. The Kier molecular flexibility index (Phi) is 6.60. The normalized spacial score (nSPS) is 31.1. The zero-order chi connectivity index (χ0) is 24.2. The SMILES string of the molecule is CC(C)NC(=O)C12CC3CC(C1)C(CC(=O)C(C)(C)NS(=O)(=O)c1ccccc1Br)C(C3)C2. The highest BCUT2D eigenvalue weighted by Crippen LogP contribution is 2.63. The minimum Gasteiger partial charge on any atom is -0.353 e. The monoisotopic (exact) mass is 538 g/mol. The van der Waals surface area contributed by atoms with Crippen molar-refractivity contribution in [2.45, 2.75) is 82.7 Å². The average molecular weight is 540 g/mol. The van der Waals surface area contributed by atoms with Gasteiger partial charge in [-0.15, -0.1) is 0 Å². The molecule has 6 nitrogen and oxygen atoms in total. The Labute approximate surface area is 205 Å². The van der Waals surface area contributed by atoms with Crippen molar-refractivity contribution in [3.8, 4) is 0 Å². The van der Waals surface area contributed by atoms with Crippen LogP contribution in [0.5, 0.6) is 0 Å². The van der Waals surface area contributed by atoms with Crippen LogP contribution < -0.4 is 10.0 Å².